The number of hydrogen-bond acceptors (Lipinski definition) is 7. The minimum absolute atomic E-state index is 0.203. The lowest BCUT2D eigenvalue weighted by molar-refractivity contribution is -0.146. The zero-order valence-corrected chi connectivity index (χ0v) is 17.2. The number of esters is 1. The number of thioether (sulfide) groups is 1. The van der Waals surface area contributed by atoms with Crippen molar-refractivity contribution < 1.29 is 23.8 Å². The first kappa shape index (κ1) is 22.9. The van der Waals surface area contributed by atoms with Crippen molar-refractivity contribution in [3.8, 4) is 5.75 Å². The lowest BCUT2D eigenvalue weighted by atomic mass is 10.2. The summed E-state index contributed by atoms with van der Waals surface area (Å²) in [4.78, 5) is 26.4. The summed E-state index contributed by atoms with van der Waals surface area (Å²) in [6.45, 7) is 2.28. The van der Waals surface area contributed by atoms with Gasteiger partial charge in [0.1, 0.15) is 18.3 Å². The predicted octanol–water partition coefficient (Wildman–Crippen LogP) is 3.18. The van der Waals surface area contributed by atoms with Gasteiger partial charge in [0.25, 0.3) is 0 Å². The Kier molecular flexibility index (Phi) is 10.2. The molecule has 1 heterocycles. The Labute approximate surface area is 174 Å². The van der Waals surface area contributed by atoms with Crippen molar-refractivity contribution in [1.29, 1.82) is 0 Å². The molecule has 1 aromatic carbocycles. The van der Waals surface area contributed by atoms with Crippen LogP contribution in [0.4, 0.5) is 0 Å². The van der Waals surface area contributed by atoms with E-state index in [2.05, 4.69) is 15.3 Å². The lowest BCUT2D eigenvalue weighted by Gasteiger charge is -2.23. The third kappa shape index (κ3) is 8.64. The minimum atomic E-state index is -0.809. The van der Waals surface area contributed by atoms with Crippen LogP contribution in [0.5, 0.6) is 5.75 Å². The van der Waals surface area contributed by atoms with Crippen LogP contribution in [-0.2, 0) is 24.8 Å². The van der Waals surface area contributed by atoms with E-state index in [0.717, 1.165) is 37.2 Å². The molecule has 10 heteroatoms. The Hall–Kier alpha value is -2.42. The molecule has 1 aromatic rings. The average molecular weight is 423 g/mol. The maximum absolute atomic E-state index is 12.1. The van der Waals surface area contributed by atoms with E-state index in [0.29, 0.717) is 11.5 Å². The van der Waals surface area contributed by atoms with E-state index in [4.69, 9.17) is 19.7 Å². The molecule has 1 unspecified atom stereocenters. The molecule has 1 aliphatic rings. The second-order valence-corrected chi connectivity index (χ2v) is 7.37. The molecule has 0 saturated carbocycles. The highest BCUT2D eigenvalue weighted by atomic mass is 32.2. The number of rotatable bonds is 11. The standard InChI is InChI=1S/C19H26N4O5S/c1-2-26-19(25)16(22-17(24)11-21-23-20)13-29-12-14-6-5-7-15(10-14)28-18-8-3-4-9-27-18/h5-7,10,16,18H,2-4,8-9,11-13H2,1H3,(H,22,24)/t16-,18?/m0/s1. The summed E-state index contributed by atoms with van der Waals surface area (Å²) in [6.07, 6.45) is 2.85. The number of azide groups is 1. The van der Waals surface area contributed by atoms with Crippen molar-refractivity contribution in [2.75, 3.05) is 25.5 Å². The molecule has 1 saturated heterocycles. The molecule has 158 valence electrons. The van der Waals surface area contributed by atoms with E-state index in [1.807, 2.05) is 24.3 Å². The third-order valence-corrected chi connectivity index (χ3v) is 5.15. The van der Waals surface area contributed by atoms with Crippen molar-refractivity contribution in [2.24, 2.45) is 5.11 Å². The summed E-state index contributed by atoms with van der Waals surface area (Å²) in [5.74, 6) is 0.674. The summed E-state index contributed by atoms with van der Waals surface area (Å²) in [5, 5.41) is 5.75. The van der Waals surface area contributed by atoms with Crippen LogP contribution in [-0.4, -0.2) is 49.7 Å². The van der Waals surface area contributed by atoms with Crippen LogP contribution in [0.15, 0.2) is 29.4 Å². The Morgan fingerprint density at radius 1 is 1.45 bits per heavy atom. The van der Waals surface area contributed by atoms with Gasteiger partial charge in [-0.15, -0.1) is 0 Å². The summed E-state index contributed by atoms with van der Waals surface area (Å²) < 4.78 is 16.5. The van der Waals surface area contributed by atoms with Gasteiger partial charge >= 0.3 is 5.97 Å². The van der Waals surface area contributed by atoms with Gasteiger partial charge in [-0.3, -0.25) is 4.79 Å². The number of amides is 1. The molecule has 2 rings (SSSR count). The smallest absolute Gasteiger partial charge is 0.329 e. The molecular weight excluding hydrogens is 396 g/mol. The van der Waals surface area contributed by atoms with Crippen LogP contribution in [0, 0.1) is 0 Å². The quantitative estimate of drug-likeness (QED) is 0.253. The van der Waals surface area contributed by atoms with Gasteiger partial charge in [-0.2, -0.15) is 11.8 Å². The number of carbonyl (C=O) groups is 2. The van der Waals surface area contributed by atoms with Crippen LogP contribution < -0.4 is 10.1 Å². The highest BCUT2D eigenvalue weighted by molar-refractivity contribution is 7.98. The number of ether oxygens (including phenoxy) is 3. The molecule has 1 amide bonds. The van der Waals surface area contributed by atoms with Crippen molar-refractivity contribution in [1.82, 2.24) is 5.32 Å². The molecule has 1 N–H and O–H groups in total. The minimum Gasteiger partial charge on any atom is -0.465 e. The summed E-state index contributed by atoms with van der Waals surface area (Å²) in [7, 11) is 0. The summed E-state index contributed by atoms with van der Waals surface area (Å²) >= 11 is 1.48. The molecule has 9 nitrogen and oxygen atoms in total. The molecule has 0 aliphatic carbocycles. The molecule has 0 radical (unpaired) electrons. The largest absolute Gasteiger partial charge is 0.465 e. The highest BCUT2D eigenvalue weighted by Crippen LogP contribution is 2.22. The van der Waals surface area contributed by atoms with Gasteiger partial charge in [-0.1, -0.05) is 17.2 Å². The van der Waals surface area contributed by atoms with E-state index in [-0.39, 0.29) is 19.4 Å². The van der Waals surface area contributed by atoms with Crippen molar-refractivity contribution in [3.63, 3.8) is 0 Å². The van der Waals surface area contributed by atoms with Gasteiger partial charge in [0.15, 0.2) is 6.29 Å². The number of carbonyl (C=O) groups excluding carboxylic acids is 2. The molecule has 2 atom stereocenters. The predicted molar refractivity (Wildman–Crippen MR) is 109 cm³/mol. The van der Waals surface area contributed by atoms with E-state index >= 15 is 0 Å². The number of benzene rings is 1. The average Bonchev–Trinajstić information content (AvgIpc) is 2.73. The summed E-state index contributed by atoms with van der Waals surface area (Å²) in [5.41, 5.74) is 9.33. The fourth-order valence-corrected chi connectivity index (χ4v) is 3.69. The van der Waals surface area contributed by atoms with E-state index in [1.165, 1.54) is 11.8 Å². The van der Waals surface area contributed by atoms with Gasteiger partial charge in [0, 0.05) is 22.8 Å². The monoisotopic (exact) mass is 422 g/mol. The van der Waals surface area contributed by atoms with Crippen LogP contribution in [0.3, 0.4) is 0 Å². The Morgan fingerprint density at radius 2 is 2.31 bits per heavy atom. The Balaban J connectivity index is 1.86. The topological polar surface area (TPSA) is 123 Å². The zero-order chi connectivity index (χ0) is 20.9. The van der Waals surface area contributed by atoms with Crippen molar-refractivity contribution in [2.45, 2.75) is 44.3 Å². The van der Waals surface area contributed by atoms with Gasteiger partial charge < -0.3 is 19.5 Å². The van der Waals surface area contributed by atoms with Gasteiger partial charge in [-0.25, -0.2) is 4.79 Å². The van der Waals surface area contributed by atoms with Crippen LogP contribution >= 0.6 is 11.8 Å². The maximum Gasteiger partial charge on any atom is 0.329 e. The molecule has 29 heavy (non-hydrogen) atoms. The second-order valence-electron chi connectivity index (χ2n) is 6.34. The van der Waals surface area contributed by atoms with E-state index in [1.54, 1.807) is 6.92 Å². The van der Waals surface area contributed by atoms with Crippen LogP contribution in [0.25, 0.3) is 10.4 Å². The second kappa shape index (κ2) is 12.9. The molecule has 0 aromatic heterocycles. The molecule has 1 fully saturated rings. The first-order valence-corrected chi connectivity index (χ1v) is 10.7. The molecule has 1 aliphatic heterocycles. The highest BCUT2D eigenvalue weighted by Gasteiger charge is 2.22. The van der Waals surface area contributed by atoms with E-state index < -0.39 is 17.9 Å². The van der Waals surface area contributed by atoms with Crippen molar-refractivity contribution >= 4 is 23.6 Å². The number of nitrogens with one attached hydrogen (secondary N) is 1. The maximum atomic E-state index is 12.1. The normalized spacial score (nSPS) is 16.9. The fraction of sp³-hybridized carbons (Fsp3) is 0.579. The lowest BCUT2D eigenvalue weighted by Crippen LogP contribution is -2.44. The molecular formula is C19H26N4O5S. The first-order valence-electron chi connectivity index (χ1n) is 9.54. The van der Waals surface area contributed by atoms with Crippen molar-refractivity contribution in [3.05, 3.63) is 40.3 Å². The van der Waals surface area contributed by atoms with Crippen LogP contribution in [0.1, 0.15) is 31.7 Å². The van der Waals surface area contributed by atoms with E-state index in [9.17, 15) is 9.59 Å². The molecule has 0 bridgehead atoms. The summed E-state index contributed by atoms with van der Waals surface area (Å²) in [6, 6.07) is 6.92. The van der Waals surface area contributed by atoms with Gasteiger partial charge in [0.2, 0.25) is 5.91 Å². The van der Waals surface area contributed by atoms with Gasteiger partial charge in [-0.05, 0) is 43.0 Å². The Bertz CT molecular complexity index is 720. The third-order valence-electron chi connectivity index (χ3n) is 4.04. The zero-order valence-electron chi connectivity index (χ0n) is 16.4. The Morgan fingerprint density at radius 3 is 3.03 bits per heavy atom. The SMILES string of the molecule is CCOC(=O)[C@H](CSCc1cccc(OC2CCCCO2)c1)NC(=O)CN=[N+]=[N-]. The molecule has 0 spiro atoms. The fourth-order valence-electron chi connectivity index (χ4n) is 2.71. The number of nitrogens with zero attached hydrogens (tertiary/aromatic N) is 3. The number of hydrogen-bond donors (Lipinski definition) is 1. The van der Waals surface area contributed by atoms with Crippen LogP contribution in [0.2, 0.25) is 0 Å². The first-order chi connectivity index (χ1) is 14.1. The van der Waals surface area contributed by atoms with Gasteiger partial charge in [0.05, 0.1) is 13.2 Å².